The first-order chi connectivity index (χ1) is 8.78. The van der Waals surface area contributed by atoms with Crippen molar-refractivity contribution < 1.29 is 9.53 Å². The van der Waals surface area contributed by atoms with Crippen LogP contribution in [0.2, 0.25) is 0 Å². The number of hydrogen-bond acceptors (Lipinski definition) is 4. The number of carbonyl (C=O) groups excluding carboxylic acids is 1. The van der Waals surface area contributed by atoms with Crippen LogP contribution in [0, 0.1) is 0 Å². The van der Waals surface area contributed by atoms with E-state index in [0.717, 1.165) is 11.3 Å². The molecule has 1 amide bonds. The second-order valence-electron chi connectivity index (χ2n) is 3.77. The SMILES string of the molecule is COCC(=O)Nc1cccc(Cn2cncn2)c1. The zero-order valence-corrected chi connectivity index (χ0v) is 10.0. The highest BCUT2D eigenvalue weighted by molar-refractivity contribution is 5.91. The summed E-state index contributed by atoms with van der Waals surface area (Å²) in [4.78, 5) is 15.3. The van der Waals surface area contributed by atoms with Gasteiger partial charge in [0.1, 0.15) is 19.3 Å². The standard InChI is InChI=1S/C12H14N4O2/c1-18-7-12(17)15-11-4-2-3-10(5-11)6-16-9-13-8-14-16/h2-5,8-9H,6-7H2,1H3,(H,15,17). The molecule has 0 fully saturated rings. The molecular weight excluding hydrogens is 232 g/mol. The number of anilines is 1. The predicted molar refractivity (Wildman–Crippen MR) is 66.1 cm³/mol. The minimum Gasteiger partial charge on any atom is -0.375 e. The van der Waals surface area contributed by atoms with Crippen LogP contribution in [0.25, 0.3) is 0 Å². The first-order valence-electron chi connectivity index (χ1n) is 5.48. The maximum absolute atomic E-state index is 11.4. The molecule has 0 bridgehead atoms. The van der Waals surface area contributed by atoms with Crippen molar-refractivity contribution >= 4 is 11.6 Å². The van der Waals surface area contributed by atoms with E-state index in [1.165, 1.54) is 13.4 Å². The van der Waals surface area contributed by atoms with Gasteiger partial charge in [0, 0.05) is 12.8 Å². The van der Waals surface area contributed by atoms with E-state index >= 15 is 0 Å². The molecule has 94 valence electrons. The van der Waals surface area contributed by atoms with E-state index in [2.05, 4.69) is 15.4 Å². The Morgan fingerprint density at radius 2 is 2.39 bits per heavy atom. The van der Waals surface area contributed by atoms with Crippen molar-refractivity contribution in [3.05, 3.63) is 42.5 Å². The summed E-state index contributed by atoms with van der Waals surface area (Å²) in [6.07, 6.45) is 3.14. The molecule has 2 rings (SSSR count). The highest BCUT2D eigenvalue weighted by Crippen LogP contribution is 2.11. The third-order valence-corrected chi connectivity index (χ3v) is 2.30. The van der Waals surface area contributed by atoms with Gasteiger partial charge in [0.15, 0.2) is 0 Å². The fourth-order valence-electron chi connectivity index (χ4n) is 1.58. The maximum atomic E-state index is 11.4. The number of hydrogen-bond donors (Lipinski definition) is 1. The number of ether oxygens (including phenoxy) is 1. The van der Waals surface area contributed by atoms with Gasteiger partial charge in [-0.05, 0) is 17.7 Å². The topological polar surface area (TPSA) is 69.0 Å². The van der Waals surface area contributed by atoms with Crippen LogP contribution in [-0.2, 0) is 16.1 Å². The summed E-state index contributed by atoms with van der Waals surface area (Å²) in [6.45, 7) is 0.668. The highest BCUT2D eigenvalue weighted by Gasteiger charge is 2.02. The molecule has 18 heavy (non-hydrogen) atoms. The van der Waals surface area contributed by atoms with E-state index in [0.29, 0.717) is 6.54 Å². The minimum absolute atomic E-state index is 0.0489. The lowest BCUT2D eigenvalue weighted by molar-refractivity contribution is -0.119. The zero-order chi connectivity index (χ0) is 12.8. The summed E-state index contributed by atoms with van der Waals surface area (Å²) in [5, 5.41) is 6.78. The molecule has 1 aromatic heterocycles. The Hall–Kier alpha value is -2.21. The van der Waals surface area contributed by atoms with Crippen LogP contribution >= 0.6 is 0 Å². The van der Waals surface area contributed by atoms with Gasteiger partial charge in [0.2, 0.25) is 5.91 Å². The average Bonchev–Trinajstić information content (AvgIpc) is 2.82. The monoisotopic (exact) mass is 246 g/mol. The van der Waals surface area contributed by atoms with Crippen molar-refractivity contribution in [3.8, 4) is 0 Å². The van der Waals surface area contributed by atoms with Gasteiger partial charge in [0.25, 0.3) is 0 Å². The summed E-state index contributed by atoms with van der Waals surface area (Å²) in [5.74, 6) is -0.171. The molecule has 2 aromatic rings. The van der Waals surface area contributed by atoms with Crippen LogP contribution in [-0.4, -0.2) is 34.4 Å². The first kappa shape index (κ1) is 12.3. The van der Waals surface area contributed by atoms with E-state index in [9.17, 15) is 4.79 Å². The Morgan fingerprint density at radius 1 is 1.50 bits per heavy atom. The van der Waals surface area contributed by atoms with Gasteiger partial charge in [-0.25, -0.2) is 9.67 Å². The molecule has 0 unspecified atom stereocenters. The van der Waals surface area contributed by atoms with Crippen LogP contribution in [0.1, 0.15) is 5.56 Å². The molecule has 0 aliphatic heterocycles. The van der Waals surface area contributed by atoms with Gasteiger partial charge in [-0.15, -0.1) is 0 Å². The molecule has 0 radical (unpaired) electrons. The number of amides is 1. The lowest BCUT2D eigenvalue weighted by atomic mass is 10.2. The molecule has 1 heterocycles. The summed E-state index contributed by atoms with van der Waals surface area (Å²) in [7, 11) is 1.49. The Balaban J connectivity index is 2.03. The highest BCUT2D eigenvalue weighted by atomic mass is 16.5. The first-order valence-corrected chi connectivity index (χ1v) is 5.48. The van der Waals surface area contributed by atoms with Crippen LogP contribution in [0.5, 0.6) is 0 Å². The van der Waals surface area contributed by atoms with E-state index in [1.807, 2.05) is 24.3 Å². The second-order valence-corrected chi connectivity index (χ2v) is 3.77. The smallest absolute Gasteiger partial charge is 0.250 e. The number of rotatable bonds is 5. The number of aromatic nitrogens is 3. The Bertz CT molecular complexity index is 511. The van der Waals surface area contributed by atoms with Gasteiger partial charge in [-0.3, -0.25) is 4.79 Å². The molecule has 6 heteroatoms. The molecule has 0 saturated heterocycles. The van der Waals surface area contributed by atoms with Gasteiger partial charge < -0.3 is 10.1 Å². The number of nitrogens with one attached hydrogen (secondary N) is 1. The van der Waals surface area contributed by atoms with Crippen molar-refractivity contribution in [2.75, 3.05) is 19.0 Å². The van der Waals surface area contributed by atoms with Crippen LogP contribution in [0.4, 0.5) is 5.69 Å². The number of methoxy groups -OCH3 is 1. The third-order valence-electron chi connectivity index (χ3n) is 2.30. The molecular formula is C12H14N4O2. The molecule has 0 saturated carbocycles. The Kier molecular flexibility index (Phi) is 4.03. The van der Waals surface area contributed by atoms with Crippen LogP contribution in [0.15, 0.2) is 36.9 Å². The van der Waals surface area contributed by atoms with E-state index in [-0.39, 0.29) is 12.5 Å². The molecule has 0 spiro atoms. The Morgan fingerprint density at radius 3 is 3.11 bits per heavy atom. The predicted octanol–water partition coefficient (Wildman–Crippen LogP) is 0.911. The number of nitrogens with zero attached hydrogens (tertiary/aromatic N) is 3. The lowest BCUT2D eigenvalue weighted by Gasteiger charge is -2.07. The molecule has 0 aliphatic carbocycles. The van der Waals surface area contributed by atoms with E-state index < -0.39 is 0 Å². The molecule has 0 atom stereocenters. The summed E-state index contributed by atoms with van der Waals surface area (Å²) in [5.41, 5.74) is 1.78. The second kappa shape index (κ2) is 5.92. The molecule has 0 aliphatic rings. The van der Waals surface area contributed by atoms with Gasteiger partial charge in [-0.2, -0.15) is 5.10 Å². The van der Waals surface area contributed by atoms with Crippen molar-refractivity contribution in [3.63, 3.8) is 0 Å². The van der Waals surface area contributed by atoms with Gasteiger partial charge in [-0.1, -0.05) is 12.1 Å². The van der Waals surface area contributed by atoms with Crippen LogP contribution < -0.4 is 5.32 Å². The number of carbonyl (C=O) groups is 1. The lowest BCUT2D eigenvalue weighted by Crippen LogP contribution is -2.17. The largest absolute Gasteiger partial charge is 0.375 e. The summed E-state index contributed by atoms with van der Waals surface area (Å²) >= 11 is 0. The van der Waals surface area contributed by atoms with E-state index in [4.69, 9.17) is 4.74 Å². The quantitative estimate of drug-likeness (QED) is 0.851. The number of benzene rings is 1. The van der Waals surface area contributed by atoms with E-state index in [1.54, 1.807) is 11.0 Å². The normalized spacial score (nSPS) is 10.3. The van der Waals surface area contributed by atoms with Gasteiger partial charge >= 0.3 is 0 Å². The minimum atomic E-state index is -0.171. The summed E-state index contributed by atoms with van der Waals surface area (Å²) in [6, 6.07) is 7.58. The molecule has 6 nitrogen and oxygen atoms in total. The van der Waals surface area contributed by atoms with Crippen molar-refractivity contribution in [1.29, 1.82) is 0 Å². The third kappa shape index (κ3) is 3.39. The Labute approximate surface area is 105 Å². The average molecular weight is 246 g/mol. The maximum Gasteiger partial charge on any atom is 0.250 e. The fraction of sp³-hybridized carbons (Fsp3) is 0.250. The molecule has 1 aromatic carbocycles. The van der Waals surface area contributed by atoms with Crippen molar-refractivity contribution in [2.24, 2.45) is 0 Å². The van der Waals surface area contributed by atoms with Crippen molar-refractivity contribution in [1.82, 2.24) is 14.8 Å². The fourth-order valence-corrected chi connectivity index (χ4v) is 1.58. The van der Waals surface area contributed by atoms with Crippen molar-refractivity contribution in [2.45, 2.75) is 6.54 Å². The molecule has 1 N–H and O–H groups in total. The van der Waals surface area contributed by atoms with Crippen LogP contribution in [0.3, 0.4) is 0 Å². The van der Waals surface area contributed by atoms with Gasteiger partial charge in [0.05, 0.1) is 6.54 Å². The summed E-state index contributed by atoms with van der Waals surface area (Å²) < 4.78 is 6.48. The zero-order valence-electron chi connectivity index (χ0n) is 10.0.